The van der Waals surface area contributed by atoms with E-state index >= 15 is 0 Å². The summed E-state index contributed by atoms with van der Waals surface area (Å²) in [6.45, 7) is 1.11. The molecule has 1 aliphatic rings. The lowest BCUT2D eigenvalue weighted by atomic mass is 10.1. The van der Waals surface area contributed by atoms with E-state index in [0.29, 0.717) is 0 Å². The Kier molecular flexibility index (Phi) is 5.69. The molecule has 152 valence electrons. The van der Waals surface area contributed by atoms with Crippen LogP contribution in [0.25, 0.3) is 0 Å². The molecule has 0 amide bonds. The molecule has 3 heterocycles. The number of carbonyl (C=O) groups excluding carboxylic acids is 1. The zero-order valence-corrected chi connectivity index (χ0v) is 14.8. The number of aliphatic hydroxyl groups is 3. The van der Waals surface area contributed by atoms with E-state index in [9.17, 15) is 24.6 Å². The molecule has 0 unspecified atom stereocenters. The van der Waals surface area contributed by atoms with Crippen LogP contribution in [0.1, 0.15) is 29.2 Å². The summed E-state index contributed by atoms with van der Waals surface area (Å²) >= 11 is 0. The van der Waals surface area contributed by atoms with Gasteiger partial charge in [-0.05, 0) is 6.92 Å². The van der Waals surface area contributed by atoms with Gasteiger partial charge in [0.1, 0.15) is 18.3 Å². The van der Waals surface area contributed by atoms with Crippen molar-refractivity contribution >= 4 is 5.97 Å². The average Bonchev–Trinajstić information content (AvgIpc) is 3.23. The number of H-pyrrole nitrogens is 1. The highest BCUT2D eigenvalue weighted by Gasteiger charge is 2.43. The highest BCUT2D eigenvalue weighted by molar-refractivity contribution is 5.86. The van der Waals surface area contributed by atoms with E-state index in [-0.39, 0.29) is 24.4 Å². The topological polar surface area (TPSA) is 182 Å². The minimum atomic E-state index is -1.49. The van der Waals surface area contributed by atoms with E-state index in [1.807, 2.05) is 0 Å². The van der Waals surface area contributed by atoms with Crippen LogP contribution >= 0.6 is 0 Å². The number of aromatic nitrogens is 5. The Morgan fingerprint density at radius 2 is 2.07 bits per heavy atom. The first-order valence-electron chi connectivity index (χ1n) is 8.39. The Bertz CT molecular complexity index is 966. The van der Waals surface area contributed by atoms with Gasteiger partial charge < -0.3 is 24.8 Å². The second kappa shape index (κ2) is 8.02. The van der Waals surface area contributed by atoms with E-state index in [1.165, 1.54) is 10.9 Å². The molecular formula is C15H19N5O8. The quantitative estimate of drug-likeness (QED) is 0.366. The van der Waals surface area contributed by atoms with Crippen LogP contribution in [0.15, 0.2) is 22.0 Å². The lowest BCUT2D eigenvalue weighted by Gasteiger charge is -2.17. The van der Waals surface area contributed by atoms with Gasteiger partial charge in [0.05, 0.1) is 31.5 Å². The average molecular weight is 397 g/mol. The van der Waals surface area contributed by atoms with E-state index in [2.05, 4.69) is 15.3 Å². The predicted octanol–water partition coefficient (Wildman–Crippen LogP) is -3.04. The molecule has 28 heavy (non-hydrogen) atoms. The van der Waals surface area contributed by atoms with Crippen molar-refractivity contribution in [3.63, 3.8) is 0 Å². The van der Waals surface area contributed by atoms with Gasteiger partial charge in [-0.15, -0.1) is 5.10 Å². The molecule has 0 spiro atoms. The largest absolute Gasteiger partial charge is 0.461 e. The number of nitrogens with one attached hydrogen (secondary N) is 1. The summed E-state index contributed by atoms with van der Waals surface area (Å²) in [4.78, 5) is 37.9. The molecule has 1 saturated heterocycles. The summed E-state index contributed by atoms with van der Waals surface area (Å²) in [5.74, 6) is -0.667. The van der Waals surface area contributed by atoms with Crippen molar-refractivity contribution in [2.45, 2.75) is 38.0 Å². The molecule has 0 aromatic carbocycles. The standard InChI is InChI=1S/C15H19N5O8/c1-2-27-14(25)8-5-19(18-17-8)3-7-4-20(15(26)16-12(7)24)13-11(23)10(22)9(6-21)28-13/h4-5,9-11,13,21-23H,2-3,6H2,1H3,(H,16,24,26)/t9-,10-,11-,13-/m1/s1. The highest BCUT2D eigenvalue weighted by Crippen LogP contribution is 2.27. The molecular weight excluding hydrogens is 378 g/mol. The van der Waals surface area contributed by atoms with Gasteiger partial charge in [0, 0.05) is 6.20 Å². The molecule has 4 N–H and O–H groups in total. The van der Waals surface area contributed by atoms with Crippen molar-refractivity contribution in [2.75, 3.05) is 13.2 Å². The van der Waals surface area contributed by atoms with Crippen molar-refractivity contribution in [3.8, 4) is 0 Å². The molecule has 0 radical (unpaired) electrons. The summed E-state index contributed by atoms with van der Waals surface area (Å²) in [6, 6.07) is 0. The van der Waals surface area contributed by atoms with E-state index in [4.69, 9.17) is 14.6 Å². The van der Waals surface area contributed by atoms with Crippen molar-refractivity contribution in [2.24, 2.45) is 0 Å². The van der Waals surface area contributed by atoms with Gasteiger partial charge in [0.25, 0.3) is 5.56 Å². The molecule has 4 atom stereocenters. The van der Waals surface area contributed by atoms with Gasteiger partial charge in [-0.25, -0.2) is 14.3 Å². The van der Waals surface area contributed by atoms with Crippen LogP contribution in [-0.2, 0) is 16.0 Å². The minimum Gasteiger partial charge on any atom is -0.461 e. The first-order chi connectivity index (χ1) is 13.3. The zero-order valence-electron chi connectivity index (χ0n) is 14.8. The molecule has 0 bridgehead atoms. The Hall–Kier alpha value is -2.87. The molecule has 13 heteroatoms. The number of carbonyl (C=O) groups is 1. The van der Waals surface area contributed by atoms with Crippen LogP contribution in [0.3, 0.4) is 0 Å². The predicted molar refractivity (Wildman–Crippen MR) is 89.4 cm³/mol. The lowest BCUT2D eigenvalue weighted by Crippen LogP contribution is -2.39. The fourth-order valence-corrected chi connectivity index (χ4v) is 2.79. The molecule has 0 aliphatic carbocycles. The van der Waals surface area contributed by atoms with Crippen LogP contribution in [-0.4, -0.2) is 77.4 Å². The lowest BCUT2D eigenvalue weighted by molar-refractivity contribution is -0.0551. The maximum absolute atomic E-state index is 12.1. The molecule has 2 aromatic heterocycles. The second-order valence-electron chi connectivity index (χ2n) is 6.07. The van der Waals surface area contributed by atoms with Crippen LogP contribution in [0.2, 0.25) is 0 Å². The van der Waals surface area contributed by atoms with Crippen LogP contribution in [0.4, 0.5) is 0 Å². The summed E-state index contributed by atoms with van der Waals surface area (Å²) in [6.07, 6.45) is -2.85. The molecule has 0 saturated carbocycles. The number of nitrogens with zero attached hydrogens (tertiary/aromatic N) is 4. The Morgan fingerprint density at radius 1 is 1.32 bits per heavy atom. The smallest absolute Gasteiger partial charge is 0.360 e. The first kappa shape index (κ1) is 19.9. The third-order valence-corrected chi connectivity index (χ3v) is 4.19. The number of ether oxygens (including phenoxy) is 2. The first-order valence-corrected chi connectivity index (χ1v) is 8.39. The molecule has 13 nitrogen and oxygen atoms in total. The van der Waals surface area contributed by atoms with Crippen LogP contribution in [0.5, 0.6) is 0 Å². The third-order valence-electron chi connectivity index (χ3n) is 4.19. The minimum absolute atomic E-state index is 0.0462. The molecule has 1 fully saturated rings. The summed E-state index contributed by atoms with van der Waals surface area (Å²) < 4.78 is 12.2. The summed E-state index contributed by atoms with van der Waals surface area (Å²) in [7, 11) is 0. The third kappa shape index (κ3) is 3.73. The van der Waals surface area contributed by atoms with Crippen LogP contribution in [0, 0.1) is 0 Å². The number of esters is 1. The van der Waals surface area contributed by atoms with Crippen molar-refractivity contribution in [1.82, 2.24) is 24.5 Å². The summed E-state index contributed by atoms with van der Waals surface area (Å²) in [5, 5.41) is 36.5. The van der Waals surface area contributed by atoms with E-state index in [0.717, 1.165) is 10.8 Å². The molecule has 3 rings (SSSR count). The summed E-state index contributed by atoms with van der Waals surface area (Å²) in [5.41, 5.74) is -1.57. The number of hydrogen-bond donors (Lipinski definition) is 4. The fourth-order valence-electron chi connectivity index (χ4n) is 2.79. The number of rotatable bonds is 6. The Balaban J connectivity index is 1.88. The van der Waals surface area contributed by atoms with Crippen molar-refractivity contribution in [3.05, 3.63) is 44.5 Å². The molecule has 1 aliphatic heterocycles. The maximum Gasteiger partial charge on any atom is 0.360 e. The van der Waals surface area contributed by atoms with Crippen LogP contribution < -0.4 is 11.2 Å². The number of hydrogen-bond acceptors (Lipinski definition) is 10. The highest BCUT2D eigenvalue weighted by atomic mass is 16.6. The fraction of sp³-hybridized carbons (Fsp3) is 0.533. The van der Waals surface area contributed by atoms with Gasteiger partial charge in [-0.3, -0.25) is 14.3 Å². The second-order valence-corrected chi connectivity index (χ2v) is 6.07. The zero-order chi connectivity index (χ0) is 20.4. The Labute approximate surface area is 156 Å². The van der Waals surface area contributed by atoms with Gasteiger partial charge in [-0.1, -0.05) is 5.21 Å². The maximum atomic E-state index is 12.1. The van der Waals surface area contributed by atoms with Crippen molar-refractivity contribution in [1.29, 1.82) is 0 Å². The monoisotopic (exact) mass is 397 g/mol. The van der Waals surface area contributed by atoms with Gasteiger partial charge in [0.2, 0.25) is 0 Å². The van der Waals surface area contributed by atoms with Gasteiger partial charge >= 0.3 is 11.7 Å². The SMILES string of the molecule is CCOC(=O)c1cn(Cc2cn([C@@H]3O[C@H](CO)[C@@H](O)[C@H]3O)c(=O)[nH]c2=O)nn1. The molecule has 2 aromatic rings. The van der Waals surface area contributed by atoms with E-state index < -0.39 is 48.4 Å². The van der Waals surface area contributed by atoms with Gasteiger partial charge in [0.15, 0.2) is 11.9 Å². The Morgan fingerprint density at radius 3 is 2.71 bits per heavy atom. The van der Waals surface area contributed by atoms with Gasteiger partial charge in [-0.2, -0.15) is 0 Å². The van der Waals surface area contributed by atoms with E-state index in [1.54, 1.807) is 6.92 Å². The van der Waals surface area contributed by atoms with Crippen molar-refractivity contribution < 1.29 is 29.6 Å². The number of aliphatic hydroxyl groups excluding tert-OH is 3. The normalized spacial score (nSPS) is 24.4. The number of aromatic amines is 1.